The molecule has 158 valence electrons. The number of nitrogens with zero attached hydrogens (tertiary/aromatic N) is 3. The van der Waals surface area contributed by atoms with E-state index in [9.17, 15) is 13.2 Å². The smallest absolute Gasteiger partial charge is 0.243 e. The number of hydrogen-bond acceptors (Lipinski definition) is 6. The van der Waals surface area contributed by atoms with Crippen LogP contribution in [-0.2, 0) is 21.4 Å². The molecule has 0 radical (unpaired) electrons. The van der Waals surface area contributed by atoms with Crippen LogP contribution < -0.4 is 5.32 Å². The van der Waals surface area contributed by atoms with Gasteiger partial charge in [0.1, 0.15) is 0 Å². The number of carbonyl (C=O) groups excluding carboxylic acids is 1. The molecule has 1 aromatic heterocycles. The van der Waals surface area contributed by atoms with E-state index in [1.807, 2.05) is 32.0 Å². The average Bonchev–Trinajstić information content (AvgIpc) is 3.12. The van der Waals surface area contributed by atoms with Crippen LogP contribution in [0.15, 0.2) is 35.4 Å². The number of likely N-dealkylation sites (N-methyl/N-ethyl adjacent to an activating group) is 1. The maximum absolute atomic E-state index is 12.9. The minimum absolute atomic E-state index is 0.179. The van der Waals surface area contributed by atoms with E-state index in [4.69, 9.17) is 0 Å². The molecule has 7 nitrogen and oxygen atoms in total. The Hall–Kier alpha value is -1.81. The standard InChI is InChI=1S/C20H28N4O3S2/c1-15(23(3)14-18-13-21-16(2)28-18)20(25)22-17-8-7-9-19(12-17)29(26,27)24-10-5-4-6-11-24/h7-9,12-13,15H,4-6,10-11,14H2,1-3H3,(H,22,25). The lowest BCUT2D eigenvalue weighted by Gasteiger charge is -2.26. The van der Waals surface area contributed by atoms with E-state index < -0.39 is 10.0 Å². The molecule has 1 saturated heterocycles. The summed E-state index contributed by atoms with van der Waals surface area (Å²) in [6, 6.07) is 6.13. The minimum atomic E-state index is -3.53. The summed E-state index contributed by atoms with van der Waals surface area (Å²) in [7, 11) is -1.64. The molecule has 2 heterocycles. The highest BCUT2D eigenvalue weighted by Crippen LogP contribution is 2.23. The quantitative estimate of drug-likeness (QED) is 0.721. The van der Waals surface area contributed by atoms with Gasteiger partial charge >= 0.3 is 0 Å². The van der Waals surface area contributed by atoms with Gasteiger partial charge in [0.05, 0.1) is 15.9 Å². The van der Waals surface area contributed by atoms with E-state index in [0.717, 1.165) is 29.1 Å². The van der Waals surface area contributed by atoms with Crippen molar-refractivity contribution >= 4 is 33.0 Å². The first kappa shape index (κ1) is 21.9. The van der Waals surface area contributed by atoms with Gasteiger partial charge in [0.15, 0.2) is 0 Å². The second kappa shape index (κ2) is 9.34. The van der Waals surface area contributed by atoms with Gasteiger partial charge in [-0.15, -0.1) is 11.3 Å². The summed E-state index contributed by atoms with van der Waals surface area (Å²) in [5.41, 5.74) is 0.488. The number of aryl methyl sites for hydroxylation is 1. The van der Waals surface area contributed by atoms with E-state index in [1.165, 1.54) is 4.31 Å². The Morgan fingerprint density at radius 1 is 1.31 bits per heavy atom. The highest BCUT2D eigenvalue weighted by molar-refractivity contribution is 7.89. The number of amides is 1. The maximum atomic E-state index is 12.9. The van der Waals surface area contributed by atoms with E-state index in [-0.39, 0.29) is 16.8 Å². The Morgan fingerprint density at radius 2 is 2.03 bits per heavy atom. The highest BCUT2D eigenvalue weighted by atomic mass is 32.2. The van der Waals surface area contributed by atoms with Gasteiger partial charge in [-0.3, -0.25) is 9.69 Å². The maximum Gasteiger partial charge on any atom is 0.243 e. The Bertz CT molecular complexity index is 952. The monoisotopic (exact) mass is 436 g/mol. The fourth-order valence-electron chi connectivity index (χ4n) is 3.30. The summed E-state index contributed by atoms with van der Waals surface area (Å²) < 4.78 is 27.3. The number of nitrogens with one attached hydrogen (secondary N) is 1. The molecule has 9 heteroatoms. The second-order valence-electron chi connectivity index (χ2n) is 7.42. The number of aromatic nitrogens is 1. The van der Waals surface area contributed by atoms with Crippen LogP contribution in [-0.4, -0.2) is 54.7 Å². The van der Waals surface area contributed by atoms with Crippen molar-refractivity contribution in [2.75, 3.05) is 25.5 Å². The van der Waals surface area contributed by atoms with E-state index in [2.05, 4.69) is 10.3 Å². The molecule has 1 aliphatic heterocycles. The summed E-state index contributed by atoms with van der Waals surface area (Å²) in [5, 5.41) is 3.85. The molecule has 0 aliphatic carbocycles. The molecular weight excluding hydrogens is 408 g/mol. The van der Waals surface area contributed by atoms with Crippen LogP contribution in [0.25, 0.3) is 0 Å². The Balaban J connectivity index is 1.66. The zero-order valence-electron chi connectivity index (χ0n) is 17.1. The first-order valence-corrected chi connectivity index (χ1v) is 12.1. The van der Waals surface area contributed by atoms with Gasteiger partial charge < -0.3 is 5.32 Å². The highest BCUT2D eigenvalue weighted by Gasteiger charge is 2.26. The number of hydrogen-bond donors (Lipinski definition) is 1. The van der Waals surface area contributed by atoms with Crippen LogP contribution in [0.2, 0.25) is 0 Å². The Morgan fingerprint density at radius 3 is 2.69 bits per heavy atom. The largest absolute Gasteiger partial charge is 0.325 e. The average molecular weight is 437 g/mol. The fraction of sp³-hybridized carbons (Fsp3) is 0.500. The third kappa shape index (κ3) is 5.42. The van der Waals surface area contributed by atoms with Crippen molar-refractivity contribution in [3.05, 3.63) is 40.3 Å². The number of sulfonamides is 1. The number of carbonyl (C=O) groups is 1. The van der Waals surface area contributed by atoms with Crippen molar-refractivity contribution in [2.24, 2.45) is 0 Å². The predicted molar refractivity (Wildman–Crippen MR) is 115 cm³/mol. The van der Waals surface area contributed by atoms with E-state index in [1.54, 1.807) is 35.6 Å². The molecule has 1 amide bonds. The summed E-state index contributed by atoms with van der Waals surface area (Å²) in [6.07, 6.45) is 4.67. The molecule has 0 saturated carbocycles. The van der Waals surface area contributed by atoms with Crippen molar-refractivity contribution < 1.29 is 13.2 Å². The molecular formula is C20H28N4O3S2. The van der Waals surface area contributed by atoms with E-state index >= 15 is 0 Å². The van der Waals surface area contributed by atoms with Gasteiger partial charge in [-0.05, 0) is 51.9 Å². The lowest BCUT2D eigenvalue weighted by molar-refractivity contribution is -0.120. The van der Waals surface area contributed by atoms with E-state index in [0.29, 0.717) is 25.3 Å². The van der Waals surface area contributed by atoms with Crippen molar-refractivity contribution in [1.29, 1.82) is 0 Å². The molecule has 0 spiro atoms. The molecule has 0 bridgehead atoms. The van der Waals surface area contributed by atoms with Gasteiger partial charge in [0.2, 0.25) is 15.9 Å². The molecule has 1 aliphatic rings. The molecule has 1 fully saturated rings. The first-order valence-electron chi connectivity index (χ1n) is 9.80. The normalized spacial score (nSPS) is 16.7. The minimum Gasteiger partial charge on any atom is -0.325 e. The molecule has 1 aromatic carbocycles. The fourth-order valence-corrected chi connectivity index (χ4v) is 5.72. The molecule has 2 aromatic rings. The zero-order chi connectivity index (χ0) is 21.0. The third-order valence-electron chi connectivity index (χ3n) is 5.17. The van der Waals surface area contributed by atoms with Crippen molar-refractivity contribution in [3.8, 4) is 0 Å². The summed E-state index contributed by atoms with van der Waals surface area (Å²) in [4.78, 5) is 20.2. The number of thiazole rings is 1. The number of anilines is 1. The predicted octanol–water partition coefficient (Wildman–Crippen LogP) is 3.09. The van der Waals surface area contributed by atoms with Gasteiger partial charge in [-0.25, -0.2) is 13.4 Å². The lowest BCUT2D eigenvalue weighted by Crippen LogP contribution is -2.39. The number of rotatable bonds is 7. The van der Waals surface area contributed by atoms with Crippen LogP contribution in [0.5, 0.6) is 0 Å². The Kier molecular flexibility index (Phi) is 7.05. The zero-order valence-corrected chi connectivity index (χ0v) is 18.7. The number of benzene rings is 1. The molecule has 1 unspecified atom stereocenters. The lowest BCUT2D eigenvalue weighted by atomic mass is 10.2. The van der Waals surface area contributed by atoms with Crippen LogP contribution in [0.3, 0.4) is 0 Å². The van der Waals surface area contributed by atoms with Gasteiger partial charge in [0, 0.05) is 36.4 Å². The van der Waals surface area contributed by atoms with Crippen LogP contribution in [0.1, 0.15) is 36.1 Å². The SMILES string of the molecule is Cc1ncc(CN(C)C(C)C(=O)Nc2cccc(S(=O)(=O)N3CCCCC3)c2)s1. The summed E-state index contributed by atoms with van der Waals surface area (Å²) >= 11 is 1.61. The molecule has 1 N–H and O–H groups in total. The first-order chi connectivity index (χ1) is 13.8. The van der Waals surface area contributed by atoms with Crippen LogP contribution in [0.4, 0.5) is 5.69 Å². The van der Waals surface area contributed by atoms with Crippen LogP contribution >= 0.6 is 11.3 Å². The molecule has 3 rings (SSSR count). The number of piperidine rings is 1. The van der Waals surface area contributed by atoms with Crippen molar-refractivity contribution in [3.63, 3.8) is 0 Å². The van der Waals surface area contributed by atoms with Crippen LogP contribution in [0, 0.1) is 6.92 Å². The van der Waals surface area contributed by atoms with Crippen molar-refractivity contribution in [2.45, 2.75) is 50.6 Å². The van der Waals surface area contributed by atoms with Crippen molar-refractivity contribution in [1.82, 2.24) is 14.2 Å². The summed E-state index contributed by atoms with van der Waals surface area (Å²) in [5.74, 6) is -0.179. The van der Waals surface area contributed by atoms with Gasteiger partial charge in [0.25, 0.3) is 0 Å². The molecule has 1 atom stereocenters. The third-order valence-corrected chi connectivity index (χ3v) is 7.96. The van der Waals surface area contributed by atoms with Gasteiger partial charge in [-0.2, -0.15) is 4.31 Å². The topological polar surface area (TPSA) is 82.6 Å². The summed E-state index contributed by atoms with van der Waals surface area (Å²) in [6.45, 7) is 5.52. The van der Waals surface area contributed by atoms with Gasteiger partial charge in [-0.1, -0.05) is 12.5 Å². The second-order valence-corrected chi connectivity index (χ2v) is 10.7. The Labute approximate surface area is 176 Å². The molecule has 29 heavy (non-hydrogen) atoms.